The summed E-state index contributed by atoms with van der Waals surface area (Å²) in [4.78, 5) is 16.8. The molecule has 1 rings (SSSR count). The van der Waals surface area contributed by atoms with Crippen LogP contribution < -0.4 is 0 Å². The van der Waals surface area contributed by atoms with Crippen LogP contribution >= 0.6 is 0 Å². The zero-order valence-electron chi connectivity index (χ0n) is 8.53. The Kier molecular flexibility index (Phi) is 4.41. The van der Waals surface area contributed by atoms with Crippen LogP contribution in [0.5, 0.6) is 0 Å². The summed E-state index contributed by atoms with van der Waals surface area (Å²) in [7, 11) is 0. The Morgan fingerprint density at radius 1 is 1.71 bits per heavy atom. The lowest BCUT2D eigenvalue weighted by molar-refractivity contribution is -0.148. The highest BCUT2D eigenvalue weighted by atomic mass is 16.5. The van der Waals surface area contributed by atoms with Crippen molar-refractivity contribution in [2.24, 2.45) is 0 Å². The molecule has 0 bridgehead atoms. The van der Waals surface area contributed by atoms with Crippen molar-refractivity contribution in [3.63, 3.8) is 0 Å². The van der Waals surface area contributed by atoms with Gasteiger partial charge < -0.3 is 9.58 Å². The molecule has 4 heteroatoms. The van der Waals surface area contributed by atoms with Crippen LogP contribution in [-0.2, 0) is 9.53 Å². The molecule has 0 N–H and O–H groups in total. The third-order valence-electron chi connectivity index (χ3n) is 2.42. The maximum Gasteiger partial charge on any atom is 0.323 e. The van der Waals surface area contributed by atoms with Crippen molar-refractivity contribution < 1.29 is 9.53 Å². The Morgan fingerprint density at radius 3 is 3.14 bits per heavy atom. The lowest BCUT2D eigenvalue weighted by Crippen LogP contribution is -2.38. The van der Waals surface area contributed by atoms with E-state index in [1.807, 2.05) is 6.92 Å². The lowest BCUT2D eigenvalue weighted by atomic mass is 10.2. The van der Waals surface area contributed by atoms with Gasteiger partial charge in [-0.3, -0.25) is 9.69 Å². The van der Waals surface area contributed by atoms with Crippen molar-refractivity contribution in [3.05, 3.63) is 11.4 Å². The minimum absolute atomic E-state index is 0.100. The first-order valence-electron chi connectivity index (χ1n) is 5.03. The average molecular weight is 196 g/mol. The van der Waals surface area contributed by atoms with Crippen molar-refractivity contribution >= 4 is 5.97 Å². The van der Waals surface area contributed by atoms with Crippen molar-refractivity contribution in [1.29, 1.82) is 0 Å². The molecule has 1 saturated heterocycles. The van der Waals surface area contributed by atoms with Crippen LogP contribution in [0.3, 0.4) is 0 Å². The smallest absolute Gasteiger partial charge is 0.323 e. The van der Waals surface area contributed by atoms with Gasteiger partial charge in [0.1, 0.15) is 6.04 Å². The fourth-order valence-electron chi connectivity index (χ4n) is 1.78. The van der Waals surface area contributed by atoms with E-state index in [9.17, 15) is 4.79 Å². The van der Waals surface area contributed by atoms with Gasteiger partial charge in [-0.15, -0.1) is 0 Å². The van der Waals surface area contributed by atoms with E-state index in [2.05, 4.69) is 9.74 Å². The van der Waals surface area contributed by atoms with Crippen LogP contribution in [0.2, 0.25) is 0 Å². The minimum atomic E-state index is -0.130. The minimum Gasteiger partial charge on any atom is -0.465 e. The number of likely N-dealkylation sites (tertiary alicyclic amines) is 1. The highest BCUT2D eigenvalue weighted by Crippen LogP contribution is 2.17. The number of carbonyl (C=O) groups excluding carboxylic acids is 1. The molecule has 0 spiro atoms. The highest BCUT2D eigenvalue weighted by molar-refractivity contribution is 5.76. The molecule has 0 saturated carbocycles. The van der Waals surface area contributed by atoms with Gasteiger partial charge in [0, 0.05) is 0 Å². The average Bonchev–Trinajstić information content (AvgIpc) is 2.63. The Morgan fingerprint density at radius 2 is 2.50 bits per heavy atom. The van der Waals surface area contributed by atoms with E-state index in [4.69, 9.17) is 11.3 Å². The third-order valence-corrected chi connectivity index (χ3v) is 2.42. The molecule has 1 atom stereocenters. The van der Waals surface area contributed by atoms with Gasteiger partial charge in [-0.25, -0.2) is 6.57 Å². The van der Waals surface area contributed by atoms with E-state index in [-0.39, 0.29) is 12.0 Å². The summed E-state index contributed by atoms with van der Waals surface area (Å²) in [5, 5.41) is 0. The quantitative estimate of drug-likeness (QED) is 0.495. The summed E-state index contributed by atoms with van der Waals surface area (Å²) in [5.74, 6) is -0.130. The van der Waals surface area contributed by atoms with Crippen molar-refractivity contribution in [3.8, 4) is 0 Å². The molecular weight excluding hydrogens is 180 g/mol. The number of rotatable bonds is 4. The predicted octanol–water partition coefficient (Wildman–Crippen LogP) is 0.933. The molecule has 1 aliphatic heterocycles. The fourth-order valence-corrected chi connectivity index (χ4v) is 1.78. The molecule has 0 aliphatic carbocycles. The first-order chi connectivity index (χ1) is 6.79. The second kappa shape index (κ2) is 5.61. The molecule has 1 aliphatic rings. The van der Waals surface area contributed by atoms with E-state index >= 15 is 0 Å². The van der Waals surface area contributed by atoms with Crippen LogP contribution in [-0.4, -0.2) is 43.2 Å². The zero-order valence-corrected chi connectivity index (χ0v) is 8.53. The Hall–Kier alpha value is -1.08. The van der Waals surface area contributed by atoms with Crippen LogP contribution in [0.15, 0.2) is 0 Å². The molecule has 78 valence electrons. The molecule has 14 heavy (non-hydrogen) atoms. The van der Waals surface area contributed by atoms with E-state index in [1.165, 1.54) is 0 Å². The van der Waals surface area contributed by atoms with Crippen LogP contribution in [0.25, 0.3) is 4.85 Å². The zero-order chi connectivity index (χ0) is 10.4. The second-order valence-corrected chi connectivity index (χ2v) is 3.33. The molecule has 0 aromatic rings. The van der Waals surface area contributed by atoms with Gasteiger partial charge in [0.15, 0.2) is 0 Å². The molecule has 0 aromatic heterocycles. The van der Waals surface area contributed by atoms with Gasteiger partial charge >= 0.3 is 5.97 Å². The standard InChI is InChI=1S/C10H16N2O2/c1-3-14-10(13)9-5-4-7-12(9)8-6-11-2/h9H,3-8H2,1H3. The number of ether oxygens (including phenoxy) is 1. The summed E-state index contributed by atoms with van der Waals surface area (Å²) in [6.07, 6.45) is 1.90. The number of hydrogen-bond donors (Lipinski definition) is 0. The van der Waals surface area contributed by atoms with Crippen LogP contribution in [0, 0.1) is 6.57 Å². The van der Waals surface area contributed by atoms with E-state index in [1.54, 1.807) is 0 Å². The van der Waals surface area contributed by atoms with Gasteiger partial charge in [0.25, 0.3) is 0 Å². The van der Waals surface area contributed by atoms with E-state index in [0.717, 1.165) is 19.4 Å². The topological polar surface area (TPSA) is 33.9 Å². The molecule has 1 unspecified atom stereocenters. The SMILES string of the molecule is [C-]#[N+]CCN1CCCC1C(=O)OCC. The maximum atomic E-state index is 11.5. The monoisotopic (exact) mass is 196 g/mol. The fraction of sp³-hybridized carbons (Fsp3) is 0.800. The van der Waals surface area contributed by atoms with E-state index < -0.39 is 0 Å². The van der Waals surface area contributed by atoms with Gasteiger partial charge in [-0.2, -0.15) is 0 Å². The van der Waals surface area contributed by atoms with Gasteiger partial charge in [0.05, 0.1) is 13.2 Å². The van der Waals surface area contributed by atoms with Crippen molar-refractivity contribution in [2.45, 2.75) is 25.8 Å². The summed E-state index contributed by atoms with van der Waals surface area (Å²) in [6, 6.07) is -0.100. The molecule has 1 fully saturated rings. The lowest BCUT2D eigenvalue weighted by Gasteiger charge is -2.20. The normalized spacial score (nSPS) is 21.9. The summed E-state index contributed by atoms with van der Waals surface area (Å²) in [5.41, 5.74) is 0. The highest BCUT2D eigenvalue weighted by Gasteiger charge is 2.31. The Labute approximate surface area is 84.7 Å². The van der Waals surface area contributed by atoms with Gasteiger partial charge in [-0.1, -0.05) is 0 Å². The van der Waals surface area contributed by atoms with Crippen LogP contribution in [0.1, 0.15) is 19.8 Å². The number of nitrogens with zero attached hydrogens (tertiary/aromatic N) is 2. The molecule has 0 aromatic carbocycles. The Bertz CT molecular complexity index is 235. The predicted molar refractivity (Wildman–Crippen MR) is 52.7 cm³/mol. The third kappa shape index (κ3) is 2.71. The first-order valence-corrected chi connectivity index (χ1v) is 5.03. The van der Waals surface area contributed by atoms with Gasteiger partial charge in [0.2, 0.25) is 6.54 Å². The molecular formula is C10H16N2O2. The summed E-state index contributed by atoms with van der Waals surface area (Å²) in [6.45, 7) is 11.0. The maximum absolute atomic E-state index is 11.5. The largest absolute Gasteiger partial charge is 0.465 e. The Balaban J connectivity index is 2.42. The molecule has 4 nitrogen and oxygen atoms in total. The summed E-state index contributed by atoms with van der Waals surface area (Å²) < 4.78 is 4.98. The first kappa shape index (κ1) is 11.0. The van der Waals surface area contributed by atoms with Gasteiger partial charge in [-0.05, 0) is 26.3 Å². The summed E-state index contributed by atoms with van der Waals surface area (Å²) >= 11 is 0. The number of esters is 1. The molecule has 0 amide bonds. The molecule has 1 heterocycles. The van der Waals surface area contributed by atoms with Crippen molar-refractivity contribution in [1.82, 2.24) is 4.90 Å². The number of carbonyl (C=O) groups is 1. The van der Waals surface area contributed by atoms with E-state index in [0.29, 0.717) is 19.7 Å². The molecule has 0 radical (unpaired) electrons. The van der Waals surface area contributed by atoms with Crippen molar-refractivity contribution in [2.75, 3.05) is 26.2 Å². The van der Waals surface area contributed by atoms with Crippen LogP contribution in [0.4, 0.5) is 0 Å². The second-order valence-electron chi connectivity index (χ2n) is 3.33. The number of hydrogen-bond acceptors (Lipinski definition) is 3.